The quantitative estimate of drug-likeness (QED) is 0.214. The van der Waals surface area contributed by atoms with E-state index in [2.05, 4.69) is 9.97 Å². The number of aromatic nitrogens is 2. The number of nitrogens with zero attached hydrogens (tertiary/aromatic N) is 3. The van der Waals surface area contributed by atoms with Crippen molar-refractivity contribution < 1.29 is 18.7 Å². The number of carbonyl (C=O) groups excluding carboxylic acids is 2. The van der Waals surface area contributed by atoms with Gasteiger partial charge in [-0.15, -0.1) is 0 Å². The third-order valence-electron chi connectivity index (χ3n) is 4.97. The molecule has 1 fully saturated rings. The number of carbonyl (C=O) groups is 2. The fourth-order valence-electron chi connectivity index (χ4n) is 3.43. The highest BCUT2D eigenvalue weighted by molar-refractivity contribution is 8.19. The largest absolute Gasteiger partial charge is 0.436 e. The molecule has 0 radical (unpaired) electrons. The summed E-state index contributed by atoms with van der Waals surface area (Å²) in [4.78, 5) is 34.5. The van der Waals surface area contributed by atoms with Gasteiger partial charge in [0.05, 0.1) is 16.8 Å². The third-order valence-corrected chi connectivity index (χ3v) is 6.28. The van der Waals surface area contributed by atoms with Gasteiger partial charge in [-0.1, -0.05) is 41.9 Å². The molecule has 0 N–H and O–H groups in total. The maximum atomic E-state index is 14.2. The van der Waals surface area contributed by atoms with Crippen LogP contribution in [0.5, 0.6) is 11.6 Å². The predicted molar refractivity (Wildman–Crippen MR) is 131 cm³/mol. The van der Waals surface area contributed by atoms with Crippen LogP contribution in [0, 0.1) is 5.82 Å². The normalized spacial score (nSPS) is 14.9. The number of fused-ring (bicyclic) bond motifs is 1. The van der Waals surface area contributed by atoms with Crippen molar-refractivity contribution in [1.82, 2.24) is 9.97 Å². The van der Waals surface area contributed by atoms with E-state index in [0.29, 0.717) is 16.3 Å². The summed E-state index contributed by atoms with van der Waals surface area (Å²) in [5.41, 5.74) is 0.885. The number of hydrogen-bond acceptors (Lipinski definition) is 6. The number of benzene rings is 3. The zero-order valence-electron chi connectivity index (χ0n) is 17.0. The molecule has 10 heteroatoms. The first-order valence-corrected chi connectivity index (χ1v) is 11.4. The summed E-state index contributed by atoms with van der Waals surface area (Å²) in [6.45, 7) is 0. The summed E-state index contributed by atoms with van der Waals surface area (Å²) in [7, 11) is 0. The summed E-state index contributed by atoms with van der Waals surface area (Å²) in [6, 6.07) is 17.2. The molecule has 4 aromatic rings. The molecule has 0 spiro atoms. The second-order valence-corrected chi connectivity index (χ2v) is 8.85. The Labute approximate surface area is 207 Å². The van der Waals surface area contributed by atoms with E-state index in [1.54, 1.807) is 42.5 Å². The number of amides is 2. The Hall–Kier alpha value is -3.46. The molecule has 0 aliphatic carbocycles. The van der Waals surface area contributed by atoms with Crippen LogP contribution in [-0.2, 0) is 4.79 Å². The summed E-state index contributed by atoms with van der Waals surface area (Å²) in [6.07, 6.45) is 2.46. The molecule has 2 heterocycles. The second kappa shape index (κ2) is 9.06. The lowest BCUT2D eigenvalue weighted by Crippen LogP contribution is -2.27. The smallest absolute Gasteiger partial charge is 0.298 e. The lowest BCUT2D eigenvalue weighted by Gasteiger charge is -2.13. The van der Waals surface area contributed by atoms with E-state index in [9.17, 15) is 14.0 Å². The molecule has 34 heavy (non-hydrogen) atoms. The zero-order chi connectivity index (χ0) is 23.8. The standard InChI is InChI=1S/C24H12Cl2FN3O3S/c25-14-6-8-15(9-7-14)30-22(31)20(34-24(30)32)11-17-16-4-2-1-3-13(16)5-10-19(17)33-21-18(27)12-28-23(26)29-21/h1-12H/b20-11-. The Balaban J connectivity index is 1.60. The van der Waals surface area contributed by atoms with E-state index >= 15 is 0 Å². The molecule has 0 bridgehead atoms. The summed E-state index contributed by atoms with van der Waals surface area (Å²) in [5.74, 6) is -1.43. The Morgan fingerprint density at radius 2 is 1.76 bits per heavy atom. The van der Waals surface area contributed by atoms with Gasteiger partial charge in [0.25, 0.3) is 17.0 Å². The van der Waals surface area contributed by atoms with E-state index in [1.807, 2.05) is 24.3 Å². The molecule has 1 saturated heterocycles. The van der Waals surface area contributed by atoms with Gasteiger partial charge >= 0.3 is 0 Å². The number of halogens is 3. The van der Waals surface area contributed by atoms with Crippen molar-refractivity contribution in [3.8, 4) is 11.6 Å². The van der Waals surface area contributed by atoms with Gasteiger partial charge in [-0.25, -0.2) is 9.88 Å². The zero-order valence-corrected chi connectivity index (χ0v) is 19.4. The first-order valence-electron chi connectivity index (χ1n) is 9.82. The molecule has 1 aromatic heterocycles. The van der Waals surface area contributed by atoms with Gasteiger partial charge in [-0.05, 0) is 70.5 Å². The summed E-state index contributed by atoms with van der Waals surface area (Å²) >= 11 is 12.5. The fourth-order valence-corrected chi connectivity index (χ4v) is 4.51. The number of ether oxygens (including phenoxy) is 1. The van der Waals surface area contributed by atoms with E-state index in [1.165, 1.54) is 0 Å². The molecule has 2 amide bonds. The minimum Gasteiger partial charge on any atom is -0.436 e. The number of imide groups is 1. The molecule has 168 valence electrons. The molecular formula is C24H12Cl2FN3O3S. The van der Waals surface area contributed by atoms with Crippen molar-refractivity contribution in [3.63, 3.8) is 0 Å². The van der Waals surface area contributed by atoms with Crippen molar-refractivity contribution in [2.75, 3.05) is 4.90 Å². The average molecular weight is 512 g/mol. The number of anilines is 1. The maximum absolute atomic E-state index is 14.2. The maximum Gasteiger partial charge on any atom is 0.298 e. The van der Waals surface area contributed by atoms with Gasteiger partial charge in [0.1, 0.15) is 5.75 Å². The Bertz CT molecular complexity index is 1500. The van der Waals surface area contributed by atoms with Crippen molar-refractivity contribution >= 4 is 68.6 Å². The fraction of sp³-hybridized carbons (Fsp3) is 0. The van der Waals surface area contributed by atoms with Crippen molar-refractivity contribution in [3.05, 3.63) is 93.5 Å². The van der Waals surface area contributed by atoms with Crippen LogP contribution in [0.25, 0.3) is 16.8 Å². The minimum atomic E-state index is -0.799. The highest BCUT2D eigenvalue weighted by atomic mass is 35.5. The topological polar surface area (TPSA) is 72.4 Å². The van der Waals surface area contributed by atoms with Crippen LogP contribution in [0.15, 0.2) is 71.8 Å². The third kappa shape index (κ3) is 4.23. The Kier molecular flexibility index (Phi) is 5.95. The van der Waals surface area contributed by atoms with Gasteiger partial charge < -0.3 is 4.74 Å². The Morgan fingerprint density at radius 1 is 1.00 bits per heavy atom. The highest BCUT2D eigenvalue weighted by Crippen LogP contribution is 2.40. The average Bonchev–Trinajstić information content (AvgIpc) is 3.11. The number of hydrogen-bond donors (Lipinski definition) is 0. The summed E-state index contributed by atoms with van der Waals surface area (Å²) in [5, 5.41) is 1.46. The first kappa shape index (κ1) is 22.3. The van der Waals surface area contributed by atoms with Crippen LogP contribution < -0.4 is 9.64 Å². The lowest BCUT2D eigenvalue weighted by atomic mass is 10.0. The minimum absolute atomic E-state index is 0.178. The van der Waals surface area contributed by atoms with E-state index < -0.39 is 17.0 Å². The predicted octanol–water partition coefficient (Wildman–Crippen LogP) is 7.11. The van der Waals surface area contributed by atoms with Gasteiger partial charge in [-0.2, -0.15) is 9.37 Å². The van der Waals surface area contributed by atoms with Crippen LogP contribution in [0.1, 0.15) is 5.56 Å². The monoisotopic (exact) mass is 511 g/mol. The number of rotatable bonds is 4. The lowest BCUT2D eigenvalue weighted by molar-refractivity contribution is -0.113. The molecular weight excluding hydrogens is 500 g/mol. The van der Waals surface area contributed by atoms with E-state index in [4.69, 9.17) is 27.9 Å². The van der Waals surface area contributed by atoms with Gasteiger partial charge in [0.15, 0.2) is 0 Å². The van der Waals surface area contributed by atoms with Gasteiger partial charge in [-0.3, -0.25) is 9.59 Å². The molecule has 1 aliphatic heterocycles. The van der Waals surface area contributed by atoms with Crippen molar-refractivity contribution in [2.45, 2.75) is 0 Å². The number of thioether (sulfide) groups is 1. The van der Waals surface area contributed by atoms with Crippen LogP contribution in [0.2, 0.25) is 10.3 Å². The summed E-state index contributed by atoms with van der Waals surface area (Å²) < 4.78 is 20.0. The van der Waals surface area contributed by atoms with Crippen molar-refractivity contribution in [2.24, 2.45) is 0 Å². The van der Waals surface area contributed by atoms with Crippen LogP contribution in [-0.4, -0.2) is 21.1 Å². The van der Waals surface area contributed by atoms with Gasteiger partial charge in [0.2, 0.25) is 11.1 Å². The van der Waals surface area contributed by atoms with Gasteiger partial charge in [0, 0.05) is 10.6 Å². The van der Waals surface area contributed by atoms with E-state index in [0.717, 1.165) is 33.6 Å². The van der Waals surface area contributed by atoms with Crippen molar-refractivity contribution in [1.29, 1.82) is 0 Å². The molecule has 0 unspecified atom stereocenters. The van der Waals surface area contributed by atoms with Crippen LogP contribution in [0.4, 0.5) is 14.9 Å². The molecule has 0 saturated carbocycles. The highest BCUT2D eigenvalue weighted by Gasteiger charge is 2.36. The molecule has 5 rings (SSSR count). The molecule has 3 aromatic carbocycles. The Morgan fingerprint density at radius 3 is 2.56 bits per heavy atom. The van der Waals surface area contributed by atoms with Crippen LogP contribution in [0.3, 0.4) is 0 Å². The molecule has 1 aliphatic rings. The first-order chi connectivity index (χ1) is 16.4. The molecule has 6 nitrogen and oxygen atoms in total. The SMILES string of the molecule is O=C1S/C(=C\c2c(Oc3nc(Cl)ncc3F)ccc3ccccc23)C(=O)N1c1ccc(Cl)cc1. The second-order valence-electron chi connectivity index (χ2n) is 7.09. The van der Waals surface area contributed by atoms with Crippen LogP contribution >= 0.6 is 35.0 Å². The van der Waals surface area contributed by atoms with E-state index in [-0.39, 0.29) is 21.8 Å². The molecule has 0 atom stereocenters.